The van der Waals surface area contributed by atoms with Gasteiger partial charge in [0.15, 0.2) is 50.3 Å². The van der Waals surface area contributed by atoms with Crippen LogP contribution in [0.2, 0.25) is 0 Å². The van der Waals surface area contributed by atoms with Gasteiger partial charge in [0.1, 0.15) is 97.7 Å². The van der Waals surface area contributed by atoms with Crippen LogP contribution in [0.4, 0.5) is 0 Å². The Kier molecular flexibility index (Phi) is 21.9. The smallest absolute Gasteiger partial charge is 0.187 e. The van der Waals surface area contributed by atoms with Gasteiger partial charge in [0.2, 0.25) is 0 Å². The molecule has 12 unspecified atom stereocenters. The fourth-order valence-electron chi connectivity index (χ4n) is 14.4. The van der Waals surface area contributed by atoms with E-state index in [9.17, 15) is 10.2 Å². The zero-order valence-electron chi connectivity index (χ0n) is 55.3. The van der Waals surface area contributed by atoms with Crippen LogP contribution in [0.1, 0.15) is 69.7 Å². The number of ether oxygens (including phenoxy) is 19. The van der Waals surface area contributed by atoms with Gasteiger partial charge in [-0.25, -0.2) is 0 Å². The van der Waals surface area contributed by atoms with Gasteiger partial charge in [0.25, 0.3) is 0 Å². The number of benzene rings is 8. The third-order valence-electron chi connectivity index (χ3n) is 19.5. The quantitative estimate of drug-likeness (QED) is 0.0645. The molecule has 0 saturated carbocycles. The van der Waals surface area contributed by atoms with Crippen molar-refractivity contribution in [2.45, 2.75) is 174 Å². The van der Waals surface area contributed by atoms with E-state index in [1.165, 1.54) is 0 Å². The molecular weight excluding hydrogens is 1300 g/mol. The molecular formula is C80H82O21. The second-order valence-corrected chi connectivity index (χ2v) is 26.2. The Morgan fingerprint density at radius 2 is 0.505 bits per heavy atom. The largest absolute Gasteiger partial charge is 0.385 e. The van der Waals surface area contributed by atoms with Gasteiger partial charge in [-0.05, 0) is 22.3 Å². The highest BCUT2D eigenvalue weighted by molar-refractivity contribution is 5.23. The first-order valence-corrected chi connectivity index (χ1v) is 34.7. The average molecular weight is 1380 g/mol. The molecule has 0 aliphatic carbocycles. The molecule has 8 heterocycles. The maximum Gasteiger partial charge on any atom is 0.187 e. The van der Waals surface area contributed by atoms with E-state index in [2.05, 4.69) is 0 Å². The van der Waals surface area contributed by atoms with Crippen LogP contribution in [0.3, 0.4) is 0 Å². The van der Waals surface area contributed by atoms with Crippen LogP contribution in [-0.2, 0) is 116 Å². The first-order valence-electron chi connectivity index (χ1n) is 34.7. The Balaban J connectivity index is 0.800. The molecule has 8 fully saturated rings. The molecule has 8 aromatic rings. The summed E-state index contributed by atoms with van der Waals surface area (Å²) in [7, 11) is 0. The molecule has 16 rings (SSSR count). The Hall–Kier alpha value is -7.08. The number of aliphatic hydroxyl groups is 2. The Labute approximate surface area is 585 Å². The summed E-state index contributed by atoms with van der Waals surface area (Å²) < 4.78 is 132. The van der Waals surface area contributed by atoms with Gasteiger partial charge >= 0.3 is 0 Å². The highest BCUT2D eigenvalue weighted by Gasteiger charge is 2.61. The Morgan fingerprint density at radius 3 is 0.832 bits per heavy atom. The summed E-state index contributed by atoms with van der Waals surface area (Å²) in [5, 5.41) is 25.7. The summed E-state index contributed by atoms with van der Waals surface area (Å²) in [6.07, 6.45) is -26.5. The molecule has 0 bridgehead atoms. The summed E-state index contributed by atoms with van der Waals surface area (Å²) >= 11 is 0. The number of fused-ring (bicyclic) bond motifs is 4. The van der Waals surface area contributed by atoms with E-state index in [0.717, 1.165) is 44.5 Å². The maximum atomic E-state index is 13.2. The molecule has 8 saturated heterocycles. The molecule has 0 spiro atoms. The zero-order chi connectivity index (χ0) is 67.9. The summed E-state index contributed by atoms with van der Waals surface area (Å²) in [6, 6.07) is 77.2. The van der Waals surface area contributed by atoms with E-state index in [4.69, 9.17) is 90.0 Å². The topological polar surface area (TPSA) is 216 Å². The van der Waals surface area contributed by atoms with Crippen molar-refractivity contribution < 1.29 is 100 Å². The monoisotopic (exact) mass is 1380 g/mol. The molecule has 0 aromatic heterocycles. The van der Waals surface area contributed by atoms with Gasteiger partial charge in [0.05, 0.1) is 52.9 Å². The van der Waals surface area contributed by atoms with Crippen molar-refractivity contribution in [2.24, 2.45) is 0 Å². The predicted molar refractivity (Wildman–Crippen MR) is 358 cm³/mol. The molecule has 8 aromatic carbocycles. The van der Waals surface area contributed by atoms with E-state index >= 15 is 0 Å². The number of rotatable bonds is 22. The van der Waals surface area contributed by atoms with Gasteiger partial charge in [-0.15, -0.1) is 0 Å². The first-order chi connectivity index (χ1) is 49.9. The van der Waals surface area contributed by atoms with Crippen molar-refractivity contribution in [3.05, 3.63) is 287 Å². The number of hydrogen-bond acceptors (Lipinski definition) is 21. The summed E-state index contributed by atoms with van der Waals surface area (Å²) in [5.41, 5.74) is 6.48. The van der Waals surface area contributed by atoms with Crippen molar-refractivity contribution in [1.82, 2.24) is 0 Å². The lowest BCUT2D eigenvalue weighted by molar-refractivity contribution is -0.439. The van der Waals surface area contributed by atoms with E-state index in [1.54, 1.807) is 0 Å². The molecule has 0 radical (unpaired) electrons. The lowest BCUT2D eigenvalue weighted by Gasteiger charge is -2.54. The summed E-state index contributed by atoms with van der Waals surface area (Å²) in [6.45, 7) is 0.446. The van der Waals surface area contributed by atoms with Crippen molar-refractivity contribution in [3.63, 3.8) is 0 Å². The molecule has 0 amide bonds. The minimum Gasteiger partial charge on any atom is -0.385 e. The van der Waals surface area contributed by atoms with Crippen molar-refractivity contribution >= 4 is 0 Å². The lowest BCUT2D eigenvalue weighted by Crippen LogP contribution is -2.70. The second-order valence-electron chi connectivity index (χ2n) is 26.2. The highest BCUT2D eigenvalue weighted by atomic mass is 16.8. The van der Waals surface area contributed by atoms with E-state index in [-0.39, 0.29) is 52.9 Å². The van der Waals surface area contributed by atoms with Crippen LogP contribution >= 0.6 is 0 Å². The number of aliphatic hydroxyl groups excluding tert-OH is 2. The third-order valence-corrected chi connectivity index (χ3v) is 19.5. The van der Waals surface area contributed by atoms with Crippen LogP contribution < -0.4 is 0 Å². The van der Waals surface area contributed by atoms with Gasteiger partial charge in [-0.3, -0.25) is 0 Å². The third kappa shape index (κ3) is 15.7. The maximum absolute atomic E-state index is 13.2. The van der Waals surface area contributed by atoms with Crippen LogP contribution in [-0.4, -0.2) is 159 Å². The van der Waals surface area contributed by atoms with E-state index < -0.39 is 148 Å². The molecule has 528 valence electrons. The predicted octanol–water partition coefficient (Wildman–Crippen LogP) is 10.2. The fourth-order valence-corrected chi connectivity index (χ4v) is 14.4. The fraction of sp³-hybridized carbons (Fsp3) is 0.400. The molecule has 24 atom stereocenters. The minimum absolute atomic E-state index is 0.00217. The normalized spacial score (nSPS) is 35.4. The van der Waals surface area contributed by atoms with Gasteiger partial charge < -0.3 is 100 Å². The molecule has 21 heteroatoms. The second kappa shape index (κ2) is 32.3. The standard InChI is InChI=1S/C80H82O21/c81-61-66(83-41-49-25-9-1-10-26-49)62-58(46-88-74(95-62)53-33-17-5-18-34-53)92-78(61)100-71-68(85-43-51-29-13-3-14-30-51)64-60(48-90-76(97-64)55-37-21-7-22-38-55)94-80(71)101-72-69(86-44-52-31-15-4-16-32-52)65-59(47-89-77(98-65)56-39-23-8-24-40-56)93-79(72)99-70-67(84-42-50-27-11-2-12-28-50)63-57(91-73(70)82)45-87-75(96-63)54-35-19-6-20-36-54/h1-40,57-82H,41-48H2/t57?,58?,59?,60?,61?,62-,63-,64-,65-,66+,67-,68-,69-,70?,71?,72?,73-,74?,75?,76?,77?,78+,79+,80+/m1/s1. The Morgan fingerprint density at radius 1 is 0.257 bits per heavy atom. The Bertz CT molecular complexity index is 3810. The van der Waals surface area contributed by atoms with Crippen LogP contribution in [0.5, 0.6) is 0 Å². The van der Waals surface area contributed by atoms with Gasteiger partial charge in [-0.2, -0.15) is 0 Å². The van der Waals surface area contributed by atoms with Crippen molar-refractivity contribution in [1.29, 1.82) is 0 Å². The van der Waals surface area contributed by atoms with E-state index in [0.29, 0.717) is 0 Å². The van der Waals surface area contributed by atoms with E-state index in [1.807, 2.05) is 243 Å². The SMILES string of the molecule is OC1[C@H](OC2[C@H](OC3[C@H](OC4[C@H](O)OC5COC(c6ccccc6)O[C@H]5[C@H]4OCc4ccccc4)OC4COC(c5ccccc5)O[C@H]4[C@H]3OCc3ccccc3)OC3COC(c4ccccc4)O[C@H]3[C@H]2OCc2ccccc2)OC2COC(c3ccccc3)O[C@H]2[C@H]1OCc1ccccc1. The summed E-state index contributed by atoms with van der Waals surface area (Å²) in [4.78, 5) is 0. The molecule has 101 heavy (non-hydrogen) atoms. The average Bonchev–Trinajstić information content (AvgIpc) is 0.753. The molecule has 21 nitrogen and oxygen atoms in total. The van der Waals surface area contributed by atoms with Crippen molar-refractivity contribution in [2.75, 3.05) is 26.4 Å². The highest BCUT2D eigenvalue weighted by Crippen LogP contribution is 2.46. The van der Waals surface area contributed by atoms with Gasteiger partial charge in [0, 0.05) is 22.3 Å². The minimum atomic E-state index is -1.65. The van der Waals surface area contributed by atoms with Gasteiger partial charge in [-0.1, -0.05) is 243 Å². The van der Waals surface area contributed by atoms with Crippen LogP contribution in [0.25, 0.3) is 0 Å². The van der Waals surface area contributed by atoms with Crippen molar-refractivity contribution in [3.8, 4) is 0 Å². The number of hydrogen-bond donors (Lipinski definition) is 2. The first kappa shape index (κ1) is 68.4. The van der Waals surface area contributed by atoms with Crippen LogP contribution in [0.15, 0.2) is 243 Å². The summed E-state index contributed by atoms with van der Waals surface area (Å²) in [5.74, 6) is 0. The molecule has 8 aliphatic rings. The molecule has 8 aliphatic heterocycles. The van der Waals surface area contributed by atoms with Crippen LogP contribution in [0, 0.1) is 0 Å². The lowest BCUT2D eigenvalue weighted by atomic mass is 9.94. The zero-order valence-corrected chi connectivity index (χ0v) is 55.3. The molecule has 2 N–H and O–H groups in total.